The maximum atomic E-state index is 12.0. The quantitative estimate of drug-likeness (QED) is 0.263. The normalized spacial score (nSPS) is 11.7. The Labute approximate surface area is 117 Å². The van der Waals surface area contributed by atoms with Crippen LogP contribution in [0.15, 0.2) is 23.0 Å². The van der Waals surface area contributed by atoms with Crippen LogP contribution in [0.5, 0.6) is 0 Å². The van der Waals surface area contributed by atoms with Crippen molar-refractivity contribution >= 4 is 18.0 Å². The van der Waals surface area contributed by atoms with E-state index < -0.39 is 5.92 Å². The molecule has 0 saturated heterocycles. The number of hydrogen-bond donors (Lipinski definition) is 3. The van der Waals surface area contributed by atoms with E-state index in [0.29, 0.717) is 23.6 Å². The highest BCUT2D eigenvalue weighted by atomic mass is 16.5. The molecular formula is C13H21N3O4. The van der Waals surface area contributed by atoms with Gasteiger partial charge in [-0.25, -0.2) is 5.06 Å². The molecule has 0 bridgehead atoms. The number of furan rings is 1. The van der Waals surface area contributed by atoms with Crippen LogP contribution < -0.4 is 10.9 Å². The molecular weight excluding hydrogens is 262 g/mol. The largest absolute Gasteiger partial charge is 0.470 e. The van der Waals surface area contributed by atoms with E-state index in [4.69, 9.17) is 4.42 Å². The van der Waals surface area contributed by atoms with Gasteiger partial charge in [-0.15, -0.1) is 0 Å². The van der Waals surface area contributed by atoms with Gasteiger partial charge in [-0.3, -0.25) is 25.6 Å². The van der Waals surface area contributed by atoms with E-state index in [0.717, 1.165) is 19.3 Å². The fraction of sp³-hybridized carbons (Fsp3) is 0.538. The van der Waals surface area contributed by atoms with Crippen molar-refractivity contribution in [3.8, 4) is 0 Å². The Morgan fingerprint density at radius 2 is 2.35 bits per heavy atom. The molecule has 7 heteroatoms. The van der Waals surface area contributed by atoms with Crippen molar-refractivity contribution in [3.63, 3.8) is 0 Å². The number of rotatable bonds is 10. The van der Waals surface area contributed by atoms with Gasteiger partial charge in [-0.2, -0.15) is 0 Å². The highest BCUT2D eigenvalue weighted by molar-refractivity contribution is 5.80. The first-order valence-corrected chi connectivity index (χ1v) is 6.66. The first-order chi connectivity index (χ1) is 9.67. The maximum Gasteiger partial charge on any atom is 0.243 e. The summed E-state index contributed by atoms with van der Waals surface area (Å²) in [5.41, 5.74) is 5.87. The molecule has 0 fully saturated rings. The number of amides is 2. The number of hydrazine groups is 1. The van der Waals surface area contributed by atoms with E-state index in [2.05, 4.69) is 17.8 Å². The van der Waals surface area contributed by atoms with Crippen molar-refractivity contribution in [1.82, 2.24) is 10.5 Å². The summed E-state index contributed by atoms with van der Waals surface area (Å²) < 4.78 is 4.86. The summed E-state index contributed by atoms with van der Waals surface area (Å²) in [5.74, 6) is -0.737. The van der Waals surface area contributed by atoms with Gasteiger partial charge in [0.15, 0.2) is 0 Å². The van der Waals surface area contributed by atoms with Gasteiger partial charge in [0, 0.05) is 6.07 Å². The van der Waals surface area contributed by atoms with E-state index in [1.54, 1.807) is 6.07 Å². The lowest BCUT2D eigenvalue weighted by atomic mass is 10.0. The smallest absolute Gasteiger partial charge is 0.243 e. The van der Waals surface area contributed by atoms with Crippen molar-refractivity contribution in [3.05, 3.63) is 18.6 Å². The van der Waals surface area contributed by atoms with Crippen LogP contribution in [-0.2, 0) is 9.59 Å². The Morgan fingerprint density at radius 1 is 1.55 bits per heavy atom. The minimum Gasteiger partial charge on any atom is -0.470 e. The Kier molecular flexibility index (Phi) is 7.20. The fourth-order valence-corrected chi connectivity index (χ4v) is 1.79. The summed E-state index contributed by atoms with van der Waals surface area (Å²) in [4.78, 5) is 22.5. The van der Waals surface area contributed by atoms with E-state index in [1.807, 2.05) is 0 Å². The lowest BCUT2D eigenvalue weighted by Crippen LogP contribution is -2.40. The molecule has 0 radical (unpaired) electrons. The molecule has 1 atom stereocenters. The third kappa shape index (κ3) is 5.75. The molecule has 0 saturated carbocycles. The molecule has 7 nitrogen and oxygen atoms in total. The third-order valence-electron chi connectivity index (χ3n) is 2.91. The minimum atomic E-state index is -0.462. The Balaban J connectivity index is 2.46. The summed E-state index contributed by atoms with van der Waals surface area (Å²) in [5, 5.41) is 9.73. The summed E-state index contributed by atoms with van der Waals surface area (Å²) in [6, 6.07) is 1.66. The van der Waals surface area contributed by atoms with Gasteiger partial charge in [0.25, 0.3) is 0 Å². The third-order valence-corrected chi connectivity index (χ3v) is 2.91. The molecule has 0 aromatic carbocycles. The van der Waals surface area contributed by atoms with Gasteiger partial charge < -0.3 is 4.42 Å². The fourth-order valence-electron chi connectivity index (χ4n) is 1.79. The minimum absolute atomic E-state index is 0.0217. The van der Waals surface area contributed by atoms with Crippen molar-refractivity contribution in [2.24, 2.45) is 5.92 Å². The van der Waals surface area contributed by atoms with Gasteiger partial charge in [0.1, 0.15) is 6.26 Å². The Hall–Kier alpha value is -2.02. The average molecular weight is 283 g/mol. The number of hydrogen-bond acceptors (Lipinski definition) is 5. The summed E-state index contributed by atoms with van der Waals surface area (Å²) >= 11 is 0. The summed E-state index contributed by atoms with van der Waals surface area (Å²) in [7, 11) is 0. The van der Waals surface area contributed by atoms with Crippen LogP contribution in [0.25, 0.3) is 0 Å². The van der Waals surface area contributed by atoms with Crippen LogP contribution in [0.3, 0.4) is 0 Å². The molecule has 1 aromatic rings. The van der Waals surface area contributed by atoms with Gasteiger partial charge in [0.2, 0.25) is 12.3 Å². The predicted octanol–water partition coefficient (Wildman–Crippen LogP) is 1.77. The predicted molar refractivity (Wildman–Crippen MR) is 72.7 cm³/mol. The van der Waals surface area contributed by atoms with Crippen molar-refractivity contribution in [1.29, 1.82) is 0 Å². The molecule has 0 aliphatic carbocycles. The number of nitrogens with one attached hydrogen (secondary N) is 2. The van der Waals surface area contributed by atoms with Gasteiger partial charge in [0.05, 0.1) is 24.4 Å². The molecule has 3 N–H and O–H groups in total. The van der Waals surface area contributed by atoms with Crippen molar-refractivity contribution in [2.45, 2.75) is 32.6 Å². The molecule has 0 aliphatic rings. The number of hydroxylamine groups is 2. The molecule has 0 unspecified atom stereocenters. The van der Waals surface area contributed by atoms with E-state index in [1.165, 1.54) is 12.5 Å². The molecule has 1 heterocycles. The van der Waals surface area contributed by atoms with Gasteiger partial charge in [-0.1, -0.05) is 26.2 Å². The highest BCUT2D eigenvalue weighted by Gasteiger charge is 2.20. The van der Waals surface area contributed by atoms with Crippen LogP contribution in [0.1, 0.15) is 32.6 Å². The first-order valence-electron chi connectivity index (χ1n) is 6.66. The SMILES string of the molecule is CCCCC[C@H](CN(O)C=O)C(=O)NNc1ccoc1. The number of unbranched alkanes of at least 4 members (excludes halogenated alkanes) is 2. The second-order valence-electron chi connectivity index (χ2n) is 4.55. The molecule has 0 spiro atoms. The van der Waals surface area contributed by atoms with E-state index in [-0.39, 0.29) is 12.5 Å². The molecule has 112 valence electrons. The van der Waals surface area contributed by atoms with Crippen LogP contribution in [0.4, 0.5) is 5.69 Å². The molecule has 2 amide bonds. The Morgan fingerprint density at radius 3 is 2.95 bits per heavy atom. The van der Waals surface area contributed by atoms with Gasteiger partial charge in [-0.05, 0) is 6.42 Å². The zero-order chi connectivity index (χ0) is 14.8. The standard InChI is InChI=1S/C13H21N3O4/c1-2-3-4-5-11(8-16(19)10-17)13(18)15-14-12-6-7-20-9-12/h6-7,9-11,14,19H,2-5,8H2,1H3,(H,15,18)/t11-/m1/s1. The van der Waals surface area contributed by atoms with Crippen molar-refractivity contribution in [2.75, 3.05) is 12.0 Å². The van der Waals surface area contributed by atoms with Crippen LogP contribution in [0, 0.1) is 5.92 Å². The number of nitrogens with zero attached hydrogens (tertiary/aromatic N) is 1. The zero-order valence-electron chi connectivity index (χ0n) is 11.5. The first kappa shape index (κ1) is 16.0. The van der Waals surface area contributed by atoms with Crippen LogP contribution in [-0.4, -0.2) is 29.1 Å². The summed E-state index contributed by atoms with van der Waals surface area (Å²) in [6.45, 7) is 2.05. The number of anilines is 1. The number of carbonyl (C=O) groups is 2. The van der Waals surface area contributed by atoms with Crippen LogP contribution >= 0.6 is 0 Å². The van der Waals surface area contributed by atoms with Crippen molar-refractivity contribution < 1.29 is 19.2 Å². The Bertz CT molecular complexity index is 394. The average Bonchev–Trinajstić information content (AvgIpc) is 2.97. The lowest BCUT2D eigenvalue weighted by molar-refractivity contribution is -0.154. The zero-order valence-corrected chi connectivity index (χ0v) is 11.5. The second-order valence-corrected chi connectivity index (χ2v) is 4.55. The molecule has 20 heavy (non-hydrogen) atoms. The molecule has 1 aromatic heterocycles. The topological polar surface area (TPSA) is 94.8 Å². The van der Waals surface area contributed by atoms with Crippen LogP contribution in [0.2, 0.25) is 0 Å². The molecule has 1 rings (SSSR count). The van der Waals surface area contributed by atoms with E-state index >= 15 is 0 Å². The van der Waals surface area contributed by atoms with E-state index in [9.17, 15) is 14.8 Å². The second kappa shape index (κ2) is 8.98. The highest BCUT2D eigenvalue weighted by Crippen LogP contribution is 2.12. The number of carbonyl (C=O) groups excluding carboxylic acids is 2. The summed E-state index contributed by atoms with van der Waals surface area (Å²) in [6.07, 6.45) is 6.75. The molecule has 0 aliphatic heterocycles. The maximum absolute atomic E-state index is 12.0. The monoisotopic (exact) mass is 283 g/mol. The van der Waals surface area contributed by atoms with Gasteiger partial charge >= 0.3 is 0 Å². The lowest BCUT2D eigenvalue weighted by Gasteiger charge is -2.19.